The number of hydrogen-bond acceptors (Lipinski definition) is 8. The number of H-pyrrole nitrogens is 1. The van der Waals surface area contributed by atoms with Gasteiger partial charge < -0.3 is 20.8 Å². The molecular formula is C25H21Cl2F8N7O5. The van der Waals surface area contributed by atoms with Crippen molar-refractivity contribution in [2.45, 2.75) is 31.4 Å². The number of alkyl halides is 8. The maximum Gasteiger partial charge on any atom is 0.490 e. The van der Waals surface area contributed by atoms with Gasteiger partial charge in [-0.1, -0.05) is 29.3 Å². The first-order valence-electron chi connectivity index (χ1n) is 12.5. The number of anilines is 1. The highest BCUT2D eigenvalue weighted by atomic mass is 35.5. The highest BCUT2D eigenvalue weighted by Crippen LogP contribution is 2.26. The van der Waals surface area contributed by atoms with E-state index in [0.717, 1.165) is 16.6 Å². The van der Waals surface area contributed by atoms with Crippen LogP contribution in [0.15, 0.2) is 53.6 Å². The first-order chi connectivity index (χ1) is 21.7. The number of aromatic nitrogens is 5. The number of nitrogens with zero attached hydrogens (tertiary/aromatic N) is 4. The summed E-state index contributed by atoms with van der Waals surface area (Å²) < 4.78 is 93.4. The lowest BCUT2D eigenvalue weighted by Crippen LogP contribution is -2.33. The van der Waals surface area contributed by atoms with E-state index in [2.05, 4.69) is 30.8 Å². The van der Waals surface area contributed by atoms with Gasteiger partial charge in [0.05, 0.1) is 24.0 Å². The first kappa shape index (κ1) is 38.6. The number of hydrogen-bond donors (Lipinski definition) is 5. The third kappa shape index (κ3) is 12.0. The van der Waals surface area contributed by atoms with Crippen molar-refractivity contribution in [3.05, 3.63) is 80.7 Å². The summed E-state index contributed by atoms with van der Waals surface area (Å²) in [6, 6.07) is 9.64. The molecule has 0 aliphatic rings. The molecule has 0 saturated carbocycles. The Hall–Kier alpha value is -4.56. The van der Waals surface area contributed by atoms with E-state index in [0.29, 0.717) is 18.1 Å². The summed E-state index contributed by atoms with van der Waals surface area (Å²) in [5.41, 5.74) is 0.645. The number of carbonyl (C=O) groups is 2. The molecule has 0 fully saturated rings. The number of carboxylic acid groups (broad SMARTS) is 2. The normalized spacial score (nSPS) is 11.6. The summed E-state index contributed by atoms with van der Waals surface area (Å²) >= 11 is 12.2. The van der Waals surface area contributed by atoms with Gasteiger partial charge in [0.25, 0.3) is 5.56 Å². The van der Waals surface area contributed by atoms with Gasteiger partial charge in [0, 0.05) is 36.2 Å². The fourth-order valence-corrected chi connectivity index (χ4v) is 3.62. The highest BCUT2D eigenvalue weighted by Gasteiger charge is 2.39. The second kappa shape index (κ2) is 16.3. The number of nitrogens with one attached hydrogen (secondary N) is 3. The Bertz CT molecular complexity index is 1690. The number of aliphatic carboxylic acids is 2. The number of fused-ring (bicyclic) bond motifs is 1. The van der Waals surface area contributed by atoms with E-state index in [4.69, 9.17) is 43.0 Å². The van der Waals surface area contributed by atoms with Gasteiger partial charge in [0.2, 0.25) is 0 Å². The number of rotatable bonds is 9. The molecule has 0 spiro atoms. The highest BCUT2D eigenvalue weighted by molar-refractivity contribution is 6.31. The molecule has 22 heteroatoms. The van der Waals surface area contributed by atoms with Crippen LogP contribution in [-0.4, -0.2) is 72.3 Å². The average molecular weight is 722 g/mol. The SMILES string of the molecule is O=C(O)C(F)(F)F.O=C(O)C(F)(F)F.O=c1c(NCC(F)(F)c2ccccn2)ncc(Cl)n1CCNCc1[nH]nc2ccc(Cl)cc12. The van der Waals surface area contributed by atoms with Crippen molar-refractivity contribution in [3.8, 4) is 0 Å². The van der Waals surface area contributed by atoms with Crippen LogP contribution in [0.3, 0.4) is 0 Å². The summed E-state index contributed by atoms with van der Waals surface area (Å²) in [5, 5.41) is 28.6. The Morgan fingerprint density at radius 2 is 1.55 bits per heavy atom. The minimum absolute atomic E-state index is 0.0996. The molecule has 0 saturated heterocycles. The van der Waals surface area contributed by atoms with E-state index >= 15 is 0 Å². The predicted molar refractivity (Wildman–Crippen MR) is 150 cm³/mol. The molecule has 4 aromatic rings. The zero-order chi connectivity index (χ0) is 35.6. The van der Waals surface area contributed by atoms with Gasteiger partial charge in [-0.15, -0.1) is 0 Å². The van der Waals surface area contributed by atoms with Crippen LogP contribution in [0.5, 0.6) is 0 Å². The molecule has 0 radical (unpaired) electrons. The lowest BCUT2D eigenvalue weighted by atomic mass is 10.2. The van der Waals surface area contributed by atoms with Crippen molar-refractivity contribution >= 4 is 51.9 Å². The van der Waals surface area contributed by atoms with Crippen molar-refractivity contribution in [2.24, 2.45) is 0 Å². The molecule has 256 valence electrons. The van der Waals surface area contributed by atoms with E-state index < -0.39 is 48.0 Å². The molecule has 0 aliphatic carbocycles. The van der Waals surface area contributed by atoms with Gasteiger partial charge >= 0.3 is 30.2 Å². The number of benzene rings is 1. The fourth-order valence-electron chi connectivity index (χ4n) is 3.24. The van der Waals surface area contributed by atoms with Crippen LogP contribution in [0.25, 0.3) is 10.9 Å². The lowest BCUT2D eigenvalue weighted by molar-refractivity contribution is -0.193. The Morgan fingerprint density at radius 1 is 0.936 bits per heavy atom. The summed E-state index contributed by atoms with van der Waals surface area (Å²) in [4.78, 5) is 38.0. The molecule has 5 N–H and O–H groups in total. The monoisotopic (exact) mass is 721 g/mol. The van der Waals surface area contributed by atoms with Crippen LogP contribution in [0, 0.1) is 0 Å². The summed E-state index contributed by atoms with van der Waals surface area (Å²) in [7, 11) is 0. The van der Waals surface area contributed by atoms with E-state index in [9.17, 15) is 39.9 Å². The molecular weight excluding hydrogens is 701 g/mol. The van der Waals surface area contributed by atoms with Gasteiger partial charge in [0.15, 0.2) is 5.82 Å². The molecule has 0 atom stereocenters. The maximum absolute atomic E-state index is 14.4. The molecule has 4 rings (SSSR count). The van der Waals surface area contributed by atoms with Gasteiger partial charge in [-0.05, 0) is 30.3 Å². The van der Waals surface area contributed by atoms with Gasteiger partial charge in [0.1, 0.15) is 10.8 Å². The largest absolute Gasteiger partial charge is 0.490 e. The van der Waals surface area contributed by atoms with Gasteiger partial charge in [-0.25, -0.2) is 14.6 Å². The van der Waals surface area contributed by atoms with Crippen molar-refractivity contribution in [1.29, 1.82) is 0 Å². The minimum Gasteiger partial charge on any atom is -0.475 e. The average Bonchev–Trinajstić information content (AvgIpc) is 3.38. The quantitative estimate of drug-likeness (QED) is 0.116. The van der Waals surface area contributed by atoms with Crippen LogP contribution in [0.4, 0.5) is 40.9 Å². The van der Waals surface area contributed by atoms with Gasteiger partial charge in [-0.2, -0.15) is 40.2 Å². The van der Waals surface area contributed by atoms with E-state index in [-0.39, 0.29) is 17.5 Å². The maximum atomic E-state index is 14.4. The van der Waals surface area contributed by atoms with E-state index in [1.165, 1.54) is 29.1 Å². The van der Waals surface area contributed by atoms with E-state index in [1.54, 1.807) is 12.1 Å². The summed E-state index contributed by atoms with van der Waals surface area (Å²) in [5.74, 6) is -9.01. The zero-order valence-corrected chi connectivity index (χ0v) is 24.6. The number of aromatic amines is 1. The Balaban J connectivity index is 0.000000459. The molecule has 3 aromatic heterocycles. The number of halogens is 10. The fraction of sp³-hybridized carbons (Fsp3) is 0.280. The van der Waals surface area contributed by atoms with E-state index in [1.807, 2.05) is 12.1 Å². The Kier molecular flexibility index (Phi) is 13.4. The van der Waals surface area contributed by atoms with Crippen LogP contribution >= 0.6 is 23.2 Å². The van der Waals surface area contributed by atoms with Crippen LogP contribution in [0.1, 0.15) is 11.4 Å². The Morgan fingerprint density at radius 3 is 2.11 bits per heavy atom. The molecule has 0 bridgehead atoms. The number of pyridine rings is 1. The molecule has 0 aliphatic heterocycles. The molecule has 0 unspecified atom stereocenters. The second-order valence-corrected chi connectivity index (χ2v) is 9.63. The third-order valence-corrected chi connectivity index (χ3v) is 5.95. The number of carboxylic acids is 2. The van der Waals surface area contributed by atoms with Crippen molar-refractivity contribution in [2.75, 3.05) is 18.4 Å². The van der Waals surface area contributed by atoms with Crippen molar-refractivity contribution in [1.82, 2.24) is 30.0 Å². The van der Waals surface area contributed by atoms with Crippen LogP contribution in [-0.2, 0) is 28.6 Å². The van der Waals surface area contributed by atoms with Crippen molar-refractivity contribution in [3.63, 3.8) is 0 Å². The Labute approximate surface area is 267 Å². The summed E-state index contributed by atoms with van der Waals surface area (Å²) in [6.07, 6.45) is -7.64. The van der Waals surface area contributed by atoms with Crippen molar-refractivity contribution < 1.29 is 54.9 Å². The molecule has 3 heterocycles. The molecule has 1 aromatic carbocycles. The standard InChI is InChI=1S/C21H19Cl2F2N7O.2C2HF3O2/c22-13-4-5-15-14(9-13)16(31-30-15)10-26-7-8-32-18(23)11-28-19(20(32)33)29-12-21(24,25)17-3-1-2-6-27-17;2*3-2(4,5)1(6)7/h1-6,9,11,26H,7-8,10,12H2,(H,28,29)(H,30,31);2*(H,6,7). The topological polar surface area (TPSA) is 175 Å². The molecule has 12 nitrogen and oxygen atoms in total. The zero-order valence-electron chi connectivity index (χ0n) is 23.1. The second-order valence-electron chi connectivity index (χ2n) is 8.81. The summed E-state index contributed by atoms with van der Waals surface area (Å²) in [6.45, 7) is 0.212. The minimum atomic E-state index is -5.08. The molecule has 0 amide bonds. The smallest absolute Gasteiger partial charge is 0.475 e. The van der Waals surface area contributed by atoms with Crippen LogP contribution in [0.2, 0.25) is 10.2 Å². The third-order valence-electron chi connectivity index (χ3n) is 5.42. The van der Waals surface area contributed by atoms with Crippen LogP contribution < -0.4 is 16.2 Å². The lowest BCUT2D eigenvalue weighted by Gasteiger charge is -2.17. The predicted octanol–water partition coefficient (Wildman–Crippen LogP) is 5.08. The first-order valence-corrected chi connectivity index (χ1v) is 13.2. The van der Waals surface area contributed by atoms with Gasteiger partial charge in [-0.3, -0.25) is 19.4 Å². The molecule has 47 heavy (non-hydrogen) atoms.